The highest BCUT2D eigenvalue weighted by molar-refractivity contribution is 6.31. The first-order valence-electron chi connectivity index (χ1n) is 9.78. The lowest BCUT2D eigenvalue weighted by Gasteiger charge is -2.15. The molecule has 0 radical (unpaired) electrons. The molecule has 6 nitrogen and oxygen atoms in total. The Balaban J connectivity index is 1.96. The van der Waals surface area contributed by atoms with E-state index >= 15 is 0 Å². The number of hydrogen-bond acceptors (Lipinski definition) is 5. The first-order valence-corrected chi connectivity index (χ1v) is 10.2. The number of carbonyl (C=O) groups excluding carboxylic acids is 1. The molecule has 0 N–H and O–H groups in total. The van der Waals surface area contributed by atoms with Gasteiger partial charge in [-0.25, -0.2) is 9.37 Å². The third-order valence-corrected chi connectivity index (χ3v) is 5.41. The lowest BCUT2D eigenvalue weighted by molar-refractivity contribution is -0.140. The van der Waals surface area contributed by atoms with Gasteiger partial charge in [-0.2, -0.15) is 0 Å². The quantitative estimate of drug-likeness (QED) is 0.522. The van der Waals surface area contributed by atoms with E-state index in [1.54, 1.807) is 43.6 Å². The number of hydrogen-bond donors (Lipinski definition) is 0. The van der Waals surface area contributed by atoms with E-state index in [1.807, 2.05) is 10.6 Å². The topological polar surface area (TPSA) is 65.7 Å². The second kappa shape index (κ2) is 8.99. The molecule has 31 heavy (non-hydrogen) atoms. The van der Waals surface area contributed by atoms with E-state index in [9.17, 15) is 9.18 Å². The van der Waals surface area contributed by atoms with Crippen LogP contribution in [0.15, 0.2) is 53.7 Å². The summed E-state index contributed by atoms with van der Waals surface area (Å²) >= 11 is 6.32. The van der Waals surface area contributed by atoms with Crippen molar-refractivity contribution in [2.24, 2.45) is 4.99 Å². The summed E-state index contributed by atoms with van der Waals surface area (Å²) in [6, 6.07) is 11.4. The molecule has 8 heteroatoms. The lowest BCUT2D eigenvalue weighted by atomic mass is 9.99. The zero-order chi connectivity index (χ0) is 22.0. The van der Waals surface area contributed by atoms with Gasteiger partial charge in [0, 0.05) is 29.7 Å². The molecule has 3 aromatic rings. The Hall–Kier alpha value is -3.03. The predicted octanol–water partition coefficient (Wildman–Crippen LogP) is 4.66. The highest BCUT2D eigenvalue weighted by atomic mass is 35.5. The van der Waals surface area contributed by atoms with Crippen LogP contribution < -0.4 is 0 Å². The highest BCUT2D eigenvalue weighted by Crippen LogP contribution is 2.35. The van der Waals surface area contributed by atoms with Gasteiger partial charge in [0.2, 0.25) is 0 Å². The van der Waals surface area contributed by atoms with E-state index in [0.717, 1.165) is 11.4 Å². The molecule has 1 aliphatic heterocycles. The molecule has 0 saturated carbocycles. The number of aromatic nitrogens is 2. The molecule has 0 fully saturated rings. The van der Waals surface area contributed by atoms with Crippen molar-refractivity contribution in [2.45, 2.75) is 25.5 Å². The minimum Gasteiger partial charge on any atom is -0.469 e. The second-order valence-corrected chi connectivity index (χ2v) is 7.56. The number of carbonyl (C=O) groups is 1. The van der Waals surface area contributed by atoms with Crippen LogP contribution in [0.2, 0.25) is 5.02 Å². The van der Waals surface area contributed by atoms with Gasteiger partial charge >= 0.3 is 5.97 Å². The van der Waals surface area contributed by atoms with Crippen LogP contribution in [-0.2, 0) is 20.9 Å². The largest absolute Gasteiger partial charge is 0.469 e. The monoisotopic (exact) mass is 441 g/mol. The van der Waals surface area contributed by atoms with Gasteiger partial charge < -0.3 is 9.47 Å². The van der Waals surface area contributed by atoms with Crippen LogP contribution in [0, 0.1) is 5.82 Å². The second-order valence-electron chi connectivity index (χ2n) is 7.13. The van der Waals surface area contributed by atoms with Gasteiger partial charge in [-0.1, -0.05) is 23.7 Å². The van der Waals surface area contributed by atoms with Gasteiger partial charge in [0.05, 0.1) is 37.0 Å². The minimum absolute atomic E-state index is 0.152. The summed E-state index contributed by atoms with van der Waals surface area (Å²) in [5.41, 5.74) is 3.07. The number of ether oxygens (including phenoxy) is 2. The molecule has 2 heterocycles. The summed E-state index contributed by atoms with van der Waals surface area (Å²) < 4.78 is 26.9. The maximum atomic E-state index is 14.8. The van der Waals surface area contributed by atoms with Crippen LogP contribution in [0.4, 0.5) is 4.39 Å². The summed E-state index contributed by atoms with van der Waals surface area (Å²) in [6.45, 7) is 0.327. The van der Waals surface area contributed by atoms with Gasteiger partial charge in [-0.3, -0.25) is 14.4 Å². The molecule has 160 valence electrons. The zero-order valence-electron chi connectivity index (χ0n) is 17.1. The van der Waals surface area contributed by atoms with Crippen LogP contribution in [-0.4, -0.2) is 35.5 Å². The smallest absolute Gasteiger partial charge is 0.305 e. The van der Waals surface area contributed by atoms with Crippen molar-refractivity contribution >= 4 is 23.3 Å². The molecule has 1 atom stereocenters. The Morgan fingerprint density at radius 1 is 1.19 bits per heavy atom. The van der Waals surface area contributed by atoms with Crippen LogP contribution in [0.5, 0.6) is 0 Å². The average Bonchev–Trinajstić information content (AvgIpc) is 3.12. The van der Waals surface area contributed by atoms with Crippen molar-refractivity contribution in [3.63, 3.8) is 0 Å². The van der Waals surface area contributed by atoms with E-state index in [0.29, 0.717) is 40.7 Å². The Kier molecular flexibility index (Phi) is 6.15. The number of aliphatic imine (C=N–C) groups is 1. The maximum Gasteiger partial charge on any atom is 0.305 e. The number of rotatable bonds is 6. The average molecular weight is 442 g/mol. The standard InChI is InChI=1S/C23H21ClFN3O3/c1-30-13-15-12-26-23-19(8-10-21(29)31-2)27-22(16-5-3-4-6-18(16)25)17-11-14(24)7-9-20(17)28(15)23/h3-7,9,11-12,19H,8,10,13H2,1-2H3. The van der Waals surface area contributed by atoms with Crippen molar-refractivity contribution in [1.82, 2.24) is 9.55 Å². The summed E-state index contributed by atoms with van der Waals surface area (Å²) in [7, 11) is 2.95. The fourth-order valence-electron chi connectivity index (χ4n) is 3.76. The van der Waals surface area contributed by atoms with Crippen molar-refractivity contribution in [3.8, 4) is 5.69 Å². The summed E-state index contributed by atoms with van der Waals surface area (Å²) in [6.07, 6.45) is 2.24. The molecule has 1 unspecified atom stereocenters. The first-order chi connectivity index (χ1) is 15.0. The van der Waals surface area contributed by atoms with Crippen LogP contribution >= 0.6 is 11.6 Å². The molecule has 1 aliphatic rings. The molecule has 0 saturated heterocycles. The number of esters is 1. The van der Waals surface area contributed by atoms with Crippen LogP contribution in [0.25, 0.3) is 5.69 Å². The summed E-state index contributed by atoms with van der Waals surface area (Å²) in [5, 5.41) is 0.505. The van der Waals surface area contributed by atoms with E-state index in [2.05, 4.69) is 4.98 Å². The fourth-order valence-corrected chi connectivity index (χ4v) is 3.93. The number of fused-ring (bicyclic) bond motifs is 3. The normalized spacial score (nSPS) is 15.0. The molecule has 0 spiro atoms. The van der Waals surface area contributed by atoms with E-state index in [1.165, 1.54) is 13.2 Å². The van der Waals surface area contributed by atoms with Gasteiger partial charge in [0.1, 0.15) is 17.7 Å². The number of methoxy groups -OCH3 is 2. The molecule has 4 rings (SSSR count). The van der Waals surface area contributed by atoms with Gasteiger partial charge in [0.25, 0.3) is 0 Å². The van der Waals surface area contributed by atoms with Crippen LogP contribution in [0.1, 0.15) is 41.5 Å². The third kappa shape index (κ3) is 4.11. The van der Waals surface area contributed by atoms with Crippen molar-refractivity contribution in [3.05, 3.63) is 82.1 Å². The van der Waals surface area contributed by atoms with Gasteiger partial charge in [-0.05, 0) is 36.8 Å². The molecule has 0 bridgehead atoms. The predicted molar refractivity (Wildman–Crippen MR) is 115 cm³/mol. The Bertz CT molecular complexity index is 1160. The maximum absolute atomic E-state index is 14.8. The SMILES string of the molecule is COCc1cnc2n1-c1ccc(Cl)cc1C(c1ccccc1F)=NC2CCC(=O)OC. The molecular weight excluding hydrogens is 421 g/mol. The van der Waals surface area contributed by atoms with Crippen molar-refractivity contribution in [1.29, 1.82) is 0 Å². The van der Waals surface area contributed by atoms with Crippen LogP contribution in [0.3, 0.4) is 0 Å². The molecule has 0 amide bonds. The Labute approximate surface area is 184 Å². The van der Waals surface area contributed by atoms with E-state index in [4.69, 9.17) is 26.1 Å². The highest BCUT2D eigenvalue weighted by Gasteiger charge is 2.29. The molecule has 0 aliphatic carbocycles. The summed E-state index contributed by atoms with van der Waals surface area (Å²) in [4.78, 5) is 21.3. The molecule has 2 aromatic carbocycles. The fraction of sp³-hybridized carbons (Fsp3) is 0.261. The van der Waals surface area contributed by atoms with E-state index < -0.39 is 11.9 Å². The number of halogens is 2. The molecule has 1 aromatic heterocycles. The van der Waals surface area contributed by atoms with Gasteiger partial charge in [-0.15, -0.1) is 0 Å². The number of benzene rings is 2. The first kappa shape index (κ1) is 21.2. The molecular formula is C23H21ClFN3O3. The van der Waals surface area contributed by atoms with Gasteiger partial charge in [0.15, 0.2) is 0 Å². The van der Waals surface area contributed by atoms with Crippen molar-refractivity contribution < 1.29 is 18.7 Å². The third-order valence-electron chi connectivity index (χ3n) is 5.17. The lowest BCUT2D eigenvalue weighted by Crippen LogP contribution is -2.11. The minimum atomic E-state index is -0.495. The van der Waals surface area contributed by atoms with E-state index in [-0.39, 0.29) is 12.4 Å². The zero-order valence-corrected chi connectivity index (χ0v) is 17.9. The number of imidazole rings is 1. The number of nitrogens with zero attached hydrogens (tertiary/aromatic N) is 3. The summed E-state index contributed by atoms with van der Waals surface area (Å²) in [5.74, 6) is -0.0934. The van der Waals surface area contributed by atoms with Crippen molar-refractivity contribution in [2.75, 3.05) is 14.2 Å². The Morgan fingerprint density at radius 3 is 2.74 bits per heavy atom. The Morgan fingerprint density at radius 2 is 2.00 bits per heavy atom.